The van der Waals surface area contributed by atoms with Gasteiger partial charge in [0.15, 0.2) is 0 Å². The largest absolute Gasteiger partial charge is 0.365 e. The Morgan fingerprint density at radius 3 is 2.54 bits per heavy atom. The van der Waals surface area contributed by atoms with E-state index >= 15 is 0 Å². The molecule has 3 aromatic carbocycles. The lowest BCUT2D eigenvalue weighted by Gasteiger charge is -2.13. The number of aryl methyl sites for hydroxylation is 1. The number of halogens is 2. The molecule has 4 nitrogen and oxygen atoms in total. The zero-order valence-corrected chi connectivity index (χ0v) is 16.0. The molecule has 4 rings (SSSR count). The van der Waals surface area contributed by atoms with Crippen molar-refractivity contribution < 1.29 is 4.39 Å². The predicted octanol–water partition coefficient (Wildman–Crippen LogP) is 6.09. The summed E-state index contributed by atoms with van der Waals surface area (Å²) in [5.74, 6) is 0.954. The van der Waals surface area contributed by atoms with Crippen LogP contribution in [0.4, 0.5) is 21.8 Å². The Bertz CT molecular complexity index is 1130. The first-order valence-corrected chi connectivity index (χ1v) is 9.24. The van der Waals surface area contributed by atoms with Gasteiger partial charge in [0.25, 0.3) is 0 Å². The van der Waals surface area contributed by atoms with Gasteiger partial charge in [-0.05, 0) is 60.5 Å². The number of fused-ring (bicyclic) bond motifs is 1. The predicted molar refractivity (Wildman–Crippen MR) is 113 cm³/mol. The molecule has 0 radical (unpaired) electrons. The van der Waals surface area contributed by atoms with Crippen LogP contribution in [-0.4, -0.2) is 9.97 Å². The van der Waals surface area contributed by atoms with Crippen LogP contribution in [-0.2, 0) is 6.54 Å². The second kappa shape index (κ2) is 7.82. The molecule has 1 heterocycles. The molecule has 0 amide bonds. The molecule has 0 atom stereocenters. The summed E-state index contributed by atoms with van der Waals surface area (Å²) in [6, 6.07) is 19.8. The minimum absolute atomic E-state index is 0.249. The lowest BCUT2D eigenvalue weighted by Crippen LogP contribution is -2.06. The van der Waals surface area contributed by atoms with Crippen molar-refractivity contribution in [1.82, 2.24) is 9.97 Å². The van der Waals surface area contributed by atoms with Gasteiger partial charge in [0.05, 0.1) is 5.52 Å². The van der Waals surface area contributed by atoms with Gasteiger partial charge in [-0.3, -0.25) is 0 Å². The highest BCUT2D eigenvalue weighted by Crippen LogP contribution is 2.26. The third kappa shape index (κ3) is 4.05. The topological polar surface area (TPSA) is 49.8 Å². The third-order valence-corrected chi connectivity index (χ3v) is 4.65. The first-order chi connectivity index (χ1) is 13.6. The monoisotopic (exact) mass is 392 g/mol. The maximum atomic E-state index is 13.1. The Labute approximate surface area is 167 Å². The summed E-state index contributed by atoms with van der Waals surface area (Å²) in [6.45, 7) is 2.50. The molecule has 0 bridgehead atoms. The summed E-state index contributed by atoms with van der Waals surface area (Å²) in [5, 5.41) is 8.21. The Hall–Kier alpha value is -3.18. The molecule has 2 N–H and O–H groups in total. The van der Waals surface area contributed by atoms with Gasteiger partial charge in [-0.2, -0.15) is 4.98 Å². The van der Waals surface area contributed by atoms with Crippen molar-refractivity contribution in [3.8, 4) is 0 Å². The molecule has 0 aliphatic heterocycles. The maximum Gasteiger partial charge on any atom is 0.229 e. The first kappa shape index (κ1) is 18.2. The standard InChI is InChI=1S/C22H18ClFN4/c1-14-12-16(23)8-11-19(14)26-22-27-20-5-3-2-4-18(20)21(28-22)25-13-15-6-9-17(24)10-7-15/h2-12H,13H2,1H3,(H2,25,26,27,28). The molecule has 0 aliphatic carbocycles. The van der Waals surface area contributed by atoms with Crippen molar-refractivity contribution in [2.24, 2.45) is 0 Å². The van der Waals surface area contributed by atoms with E-state index in [4.69, 9.17) is 11.6 Å². The van der Waals surface area contributed by atoms with Gasteiger partial charge in [-0.25, -0.2) is 9.37 Å². The van der Waals surface area contributed by atoms with Crippen LogP contribution in [0, 0.1) is 12.7 Å². The van der Waals surface area contributed by atoms with Gasteiger partial charge in [0.1, 0.15) is 11.6 Å². The van der Waals surface area contributed by atoms with E-state index in [1.54, 1.807) is 12.1 Å². The molecule has 0 saturated heterocycles. The first-order valence-electron chi connectivity index (χ1n) is 8.87. The number of rotatable bonds is 5. The van der Waals surface area contributed by atoms with Gasteiger partial charge >= 0.3 is 0 Å². The number of hydrogen-bond donors (Lipinski definition) is 2. The highest BCUT2D eigenvalue weighted by atomic mass is 35.5. The second-order valence-corrected chi connectivity index (χ2v) is 6.91. The Kier molecular flexibility index (Phi) is 5.08. The highest BCUT2D eigenvalue weighted by Gasteiger charge is 2.09. The molecule has 0 unspecified atom stereocenters. The van der Waals surface area contributed by atoms with Crippen LogP contribution < -0.4 is 10.6 Å². The molecule has 1 aromatic heterocycles. The van der Waals surface area contributed by atoms with Crippen molar-refractivity contribution >= 4 is 40.0 Å². The van der Waals surface area contributed by atoms with Crippen molar-refractivity contribution in [2.45, 2.75) is 13.5 Å². The maximum absolute atomic E-state index is 13.1. The van der Waals surface area contributed by atoms with E-state index in [1.807, 2.05) is 49.4 Å². The number of aromatic nitrogens is 2. The van der Waals surface area contributed by atoms with E-state index in [1.165, 1.54) is 12.1 Å². The van der Waals surface area contributed by atoms with Crippen molar-refractivity contribution in [2.75, 3.05) is 10.6 Å². The molecular formula is C22H18ClFN4. The normalized spacial score (nSPS) is 10.8. The van der Waals surface area contributed by atoms with Crippen molar-refractivity contribution in [3.05, 3.63) is 88.7 Å². The minimum Gasteiger partial charge on any atom is -0.365 e. The number of para-hydroxylation sites is 1. The van der Waals surface area contributed by atoms with E-state index in [9.17, 15) is 4.39 Å². The summed E-state index contributed by atoms with van der Waals surface area (Å²) in [4.78, 5) is 9.27. The van der Waals surface area contributed by atoms with Crippen LogP contribution in [0.2, 0.25) is 5.02 Å². The second-order valence-electron chi connectivity index (χ2n) is 6.48. The summed E-state index contributed by atoms with van der Waals surface area (Å²) in [7, 11) is 0. The number of anilines is 3. The van der Waals surface area contributed by atoms with E-state index < -0.39 is 0 Å². The Morgan fingerprint density at radius 1 is 0.964 bits per heavy atom. The zero-order chi connectivity index (χ0) is 19.5. The summed E-state index contributed by atoms with van der Waals surface area (Å²) in [6.07, 6.45) is 0. The van der Waals surface area contributed by atoms with Crippen LogP contribution in [0.5, 0.6) is 0 Å². The molecule has 6 heteroatoms. The number of nitrogens with zero attached hydrogens (tertiary/aromatic N) is 2. The van der Waals surface area contributed by atoms with Crippen LogP contribution >= 0.6 is 11.6 Å². The lowest BCUT2D eigenvalue weighted by atomic mass is 10.2. The number of hydrogen-bond acceptors (Lipinski definition) is 4. The van der Waals surface area contributed by atoms with Crippen LogP contribution in [0.25, 0.3) is 10.9 Å². The van der Waals surface area contributed by atoms with Gasteiger partial charge in [0.2, 0.25) is 5.95 Å². The van der Waals surface area contributed by atoms with E-state index in [0.29, 0.717) is 23.3 Å². The fourth-order valence-corrected chi connectivity index (χ4v) is 3.17. The molecule has 0 fully saturated rings. The Morgan fingerprint density at radius 2 is 1.75 bits per heavy atom. The molecule has 0 saturated carbocycles. The van der Waals surface area contributed by atoms with E-state index in [0.717, 1.165) is 27.7 Å². The SMILES string of the molecule is Cc1cc(Cl)ccc1Nc1nc(NCc2ccc(F)cc2)c2ccccc2n1. The van der Waals surface area contributed by atoms with Gasteiger partial charge in [-0.15, -0.1) is 0 Å². The summed E-state index contributed by atoms with van der Waals surface area (Å²) >= 11 is 6.04. The van der Waals surface area contributed by atoms with Crippen molar-refractivity contribution in [3.63, 3.8) is 0 Å². The minimum atomic E-state index is -0.249. The smallest absolute Gasteiger partial charge is 0.229 e. The highest BCUT2D eigenvalue weighted by molar-refractivity contribution is 6.30. The molecule has 0 spiro atoms. The summed E-state index contributed by atoms with van der Waals surface area (Å²) in [5.41, 5.74) is 3.69. The van der Waals surface area contributed by atoms with Crippen LogP contribution in [0.3, 0.4) is 0 Å². The quantitative estimate of drug-likeness (QED) is 0.431. The zero-order valence-electron chi connectivity index (χ0n) is 15.2. The van der Waals surface area contributed by atoms with E-state index in [2.05, 4.69) is 20.6 Å². The van der Waals surface area contributed by atoms with Crippen LogP contribution in [0.1, 0.15) is 11.1 Å². The number of benzene rings is 3. The molecule has 0 aliphatic rings. The molecule has 140 valence electrons. The van der Waals surface area contributed by atoms with E-state index in [-0.39, 0.29) is 5.82 Å². The van der Waals surface area contributed by atoms with Gasteiger partial charge in [0, 0.05) is 22.6 Å². The number of nitrogens with one attached hydrogen (secondary N) is 2. The Balaban J connectivity index is 1.65. The lowest BCUT2D eigenvalue weighted by molar-refractivity contribution is 0.627. The average molecular weight is 393 g/mol. The molecule has 4 aromatic rings. The third-order valence-electron chi connectivity index (χ3n) is 4.41. The van der Waals surface area contributed by atoms with Crippen molar-refractivity contribution in [1.29, 1.82) is 0 Å². The average Bonchev–Trinajstić information content (AvgIpc) is 2.69. The van der Waals surface area contributed by atoms with Gasteiger partial charge < -0.3 is 10.6 Å². The van der Waals surface area contributed by atoms with Crippen LogP contribution in [0.15, 0.2) is 66.7 Å². The van der Waals surface area contributed by atoms with Gasteiger partial charge in [-0.1, -0.05) is 35.9 Å². The fourth-order valence-electron chi connectivity index (χ4n) is 2.94. The molecule has 28 heavy (non-hydrogen) atoms. The molecular weight excluding hydrogens is 375 g/mol. The summed E-state index contributed by atoms with van der Waals surface area (Å²) < 4.78 is 13.1. The fraction of sp³-hybridized carbons (Fsp3) is 0.0909.